The first-order valence-electron chi connectivity index (χ1n) is 6.15. The summed E-state index contributed by atoms with van der Waals surface area (Å²) >= 11 is 5.23. The van der Waals surface area contributed by atoms with Crippen molar-refractivity contribution in [3.63, 3.8) is 0 Å². The fraction of sp³-hybridized carbons (Fsp3) is 0.286. The van der Waals surface area contributed by atoms with Crippen LogP contribution in [0, 0.1) is 0 Å². The molecule has 0 atom stereocenters. The van der Waals surface area contributed by atoms with E-state index in [2.05, 4.69) is 39.4 Å². The third-order valence-electron chi connectivity index (χ3n) is 2.86. The Morgan fingerprint density at radius 1 is 1.05 bits per heavy atom. The Morgan fingerprint density at radius 2 is 1.89 bits per heavy atom. The Kier molecular flexibility index (Phi) is 4.06. The van der Waals surface area contributed by atoms with E-state index in [4.69, 9.17) is 9.47 Å². The zero-order valence-corrected chi connectivity index (χ0v) is 12.7. The summed E-state index contributed by atoms with van der Waals surface area (Å²) in [6, 6.07) is 10.3. The van der Waals surface area contributed by atoms with Gasteiger partial charge in [0.1, 0.15) is 13.2 Å². The summed E-state index contributed by atoms with van der Waals surface area (Å²) in [6.45, 7) is 2.97. The smallest absolute Gasteiger partial charge is 0.161 e. The van der Waals surface area contributed by atoms with Crippen LogP contribution in [0.1, 0.15) is 10.4 Å². The lowest BCUT2D eigenvalue weighted by Gasteiger charge is -2.18. The van der Waals surface area contributed by atoms with Gasteiger partial charge in [0.15, 0.2) is 11.5 Å². The Morgan fingerprint density at radius 3 is 2.68 bits per heavy atom. The number of hydrogen-bond donors (Lipinski definition) is 1. The number of hydrogen-bond acceptors (Lipinski definition) is 4. The van der Waals surface area contributed by atoms with Crippen molar-refractivity contribution in [3.05, 3.63) is 44.6 Å². The number of halogens is 1. The second-order valence-corrected chi connectivity index (χ2v) is 6.83. The lowest BCUT2D eigenvalue weighted by Crippen LogP contribution is -2.16. The first kappa shape index (κ1) is 13.0. The molecule has 1 aromatic heterocycles. The normalized spacial score (nSPS) is 13.5. The molecule has 1 N–H and O–H groups in total. The quantitative estimate of drug-likeness (QED) is 0.923. The van der Waals surface area contributed by atoms with E-state index < -0.39 is 0 Å². The van der Waals surface area contributed by atoms with Crippen LogP contribution >= 0.6 is 27.3 Å². The van der Waals surface area contributed by atoms with Crippen molar-refractivity contribution >= 4 is 27.3 Å². The van der Waals surface area contributed by atoms with Gasteiger partial charge in [-0.15, -0.1) is 11.3 Å². The predicted octanol–water partition coefficient (Wildman–Crippen LogP) is 3.57. The van der Waals surface area contributed by atoms with Gasteiger partial charge in [0.2, 0.25) is 0 Å². The van der Waals surface area contributed by atoms with Gasteiger partial charge in [-0.1, -0.05) is 6.07 Å². The third-order valence-corrected chi connectivity index (χ3v) is 4.49. The maximum absolute atomic E-state index is 5.58. The second kappa shape index (κ2) is 5.94. The molecule has 0 aliphatic carbocycles. The minimum atomic E-state index is 0.632. The number of rotatable bonds is 4. The zero-order chi connectivity index (χ0) is 13.1. The summed E-state index contributed by atoms with van der Waals surface area (Å²) < 4.78 is 12.3. The molecule has 0 saturated heterocycles. The summed E-state index contributed by atoms with van der Waals surface area (Å²) in [5, 5.41) is 3.43. The van der Waals surface area contributed by atoms with Gasteiger partial charge < -0.3 is 14.8 Å². The molecule has 1 aliphatic rings. The van der Waals surface area contributed by atoms with Crippen molar-refractivity contribution in [3.8, 4) is 11.5 Å². The second-order valence-electron chi connectivity index (χ2n) is 4.29. The van der Waals surface area contributed by atoms with Crippen molar-refractivity contribution in [2.75, 3.05) is 13.2 Å². The standard InChI is InChI=1S/C14H14BrNO2S/c15-14-4-2-11(19-14)9-16-8-10-1-3-12-13(7-10)18-6-5-17-12/h1-4,7,16H,5-6,8-9H2. The van der Waals surface area contributed by atoms with Crippen molar-refractivity contribution < 1.29 is 9.47 Å². The van der Waals surface area contributed by atoms with Crippen LogP contribution in [0.2, 0.25) is 0 Å². The molecule has 0 spiro atoms. The number of benzene rings is 1. The minimum absolute atomic E-state index is 0.632. The molecule has 3 rings (SSSR count). The van der Waals surface area contributed by atoms with Gasteiger partial charge in [0.25, 0.3) is 0 Å². The molecule has 1 aromatic carbocycles. The average Bonchev–Trinajstić information content (AvgIpc) is 2.84. The highest BCUT2D eigenvalue weighted by atomic mass is 79.9. The maximum Gasteiger partial charge on any atom is 0.161 e. The molecule has 0 bridgehead atoms. The van der Waals surface area contributed by atoms with Crippen LogP contribution < -0.4 is 14.8 Å². The summed E-state index contributed by atoms with van der Waals surface area (Å²) in [6.07, 6.45) is 0. The summed E-state index contributed by atoms with van der Waals surface area (Å²) in [7, 11) is 0. The Bertz CT molecular complexity index is 570. The average molecular weight is 340 g/mol. The van der Waals surface area contributed by atoms with Gasteiger partial charge in [-0.2, -0.15) is 0 Å². The van der Waals surface area contributed by atoms with E-state index in [-0.39, 0.29) is 0 Å². The lowest BCUT2D eigenvalue weighted by atomic mass is 10.2. The topological polar surface area (TPSA) is 30.5 Å². The zero-order valence-electron chi connectivity index (χ0n) is 10.3. The van der Waals surface area contributed by atoms with E-state index in [0.717, 1.165) is 24.6 Å². The molecule has 19 heavy (non-hydrogen) atoms. The van der Waals surface area contributed by atoms with Gasteiger partial charge in [0, 0.05) is 18.0 Å². The molecule has 5 heteroatoms. The molecule has 0 fully saturated rings. The van der Waals surface area contributed by atoms with E-state index in [0.29, 0.717) is 13.2 Å². The van der Waals surface area contributed by atoms with Crippen LogP contribution in [0.15, 0.2) is 34.1 Å². The summed E-state index contributed by atoms with van der Waals surface area (Å²) in [4.78, 5) is 1.32. The van der Waals surface area contributed by atoms with E-state index in [9.17, 15) is 0 Å². The maximum atomic E-state index is 5.58. The minimum Gasteiger partial charge on any atom is -0.486 e. The fourth-order valence-corrected chi connectivity index (χ4v) is 3.43. The van der Waals surface area contributed by atoms with Crippen LogP contribution in [-0.2, 0) is 13.1 Å². The van der Waals surface area contributed by atoms with Gasteiger partial charge >= 0.3 is 0 Å². The van der Waals surface area contributed by atoms with Gasteiger partial charge in [-0.3, -0.25) is 0 Å². The lowest BCUT2D eigenvalue weighted by molar-refractivity contribution is 0.171. The molecular weight excluding hydrogens is 326 g/mol. The van der Waals surface area contributed by atoms with Gasteiger partial charge in [-0.05, 0) is 45.8 Å². The monoisotopic (exact) mass is 339 g/mol. The van der Waals surface area contributed by atoms with Crippen molar-refractivity contribution in [1.29, 1.82) is 0 Å². The highest BCUT2D eigenvalue weighted by Gasteiger charge is 2.11. The van der Waals surface area contributed by atoms with E-state index >= 15 is 0 Å². The van der Waals surface area contributed by atoms with Crippen molar-refractivity contribution in [2.24, 2.45) is 0 Å². The van der Waals surface area contributed by atoms with Gasteiger partial charge in [-0.25, -0.2) is 0 Å². The van der Waals surface area contributed by atoms with Gasteiger partial charge in [0.05, 0.1) is 3.79 Å². The van der Waals surface area contributed by atoms with E-state index in [1.165, 1.54) is 14.2 Å². The SMILES string of the molecule is Brc1ccc(CNCc2ccc3c(c2)OCCO3)s1. The number of fused-ring (bicyclic) bond motifs is 1. The van der Waals surface area contributed by atoms with Crippen molar-refractivity contribution in [2.45, 2.75) is 13.1 Å². The number of thiophene rings is 1. The Balaban J connectivity index is 1.58. The molecule has 0 radical (unpaired) electrons. The Labute approximate surface area is 124 Å². The number of ether oxygens (including phenoxy) is 2. The molecule has 2 aromatic rings. The molecule has 3 nitrogen and oxygen atoms in total. The third kappa shape index (κ3) is 3.29. The van der Waals surface area contributed by atoms with E-state index in [1.54, 1.807) is 11.3 Å². The van der Waals surface area contributed by atoms with Crippen molar-refractivity contribution in [1.82, 2.24) is 5.32 Å². The summed E-state index contributed by atoms with van der Waals surface area (Å²) in [5.74, 6) is 1.70. The largest absolute Gasteiger partial charge is 0.486 e. The summed E-state index contributed by atoms with van der Waals surface area (Å²) in [5.41, 5.74) is 1.21. The van der Waals surface area contributed by atoms with E-state index in [1.807, 2.05) is 12.1 Å². The molecule has 2 heterocycles. The number of nitrogens with one attached hydrogen (secondary N) is 1. The molecular formula is C14H14BrNO2S. The molecule has 0 amide bonds. The van der Waals surface area contributed by atoms with Crippen LogP contribution in [0.25, 0.3) is 0 Å². The highest BCUT2D eigenvalue weighted by molar-refractivity contribution is 9.11. The fourth-order valence-electron chi connectivity index (χ4n) is 1.97. The molecule has 1 aliphatic heterocycles. The van der Waals surface area contributed by atoms with Crippen LogP contribution in [0.4, 0.5) is 0 Å². The first-order chi connectivity index (χ1) is 9.31. The van der Waals surface area contributed by atoms with Crippen LogP contribution in [0.3, 0.4) is 0 Å². The highest BCUT2D eigenvalue weighted by Crippen LogP contribution is 2.30. The first-order valence-corrected chi connectivity index (χ1v) is 7.76. The molecule has 0 saturated carbocycles. The predicted molar refractivity (Wildman–Crippen MR) is 80.0 cm³/mol. The molecule has 0 unspecified atom stereocenters. The van der Waals surface area contributed by atoms with Crippen LogP contribution in [-0.4, -0.2) is 13.2 Å². The molecule has 100 valence electrons. The van der Waals surface area contributed by atoms with Crippen LogP contribution in [0.5, 0.6) is 11.5 Å². The Hall–Kier alpha value is -1.04.